The summed E-state index contributed by atoms with van der Waals surface area (Å²) in [5.41, 5.74) is 1.71. The van der Waals surface area contributed by atoms with Gasteiger partial charge in [-0.15, -0.1) is 0 Å². The van der Waals surface area contributed by atoms with Crippen LogP contribution in [-0.4, -0.2) is 29.3 Å². The van der Waals surface area contributed by atoms with Crippen LogP contribution in [0.5, 0.6) is 11.5 Å². The van der Waals surface area contributed by atoms with E-state index in [0.29, 0.717) is 37.4 Å². The van der Waals surface area contributed by atoms with Crippen LogP contribution < -0.4 is 9.47 Å². The molecule has 0 aliphatic carbocycles. The lowest BCUT2D eigenvalue weighted by Crippen LogP contribution is -2.22. The van der Waals surface area contributed by atoms with Gasteiger partial charge >= 0.3 is 0 Å². The number of benzene rings is 2. The number of carbonyl (C=O) groups excluding carboxylic acids is 1. The number of carbonyl (C=O) groups is 1. The molecule has 1 fully saturated rings. The van der Waals surface area contributed by atoms with Crippen molar-refractivity contribution in [2.24, 2.45) is 0 Å². The van der Waals surface area contributed by atoms with E-state index in [4.69, 9.17) is 44.9 Å². The fourth-order valence-electron chi connectivity index (χ4n) is 2.38. The van der Waals surface area contributed by atoms with Crippen LogP contribution in [0.4, 0.5) is 0 Å². The Bertz CT molecular complexity index is 947. The molecule has 0 saturated carbocycles. The van der Waals surface area contributed by atoms with E-state index in [-0.39, 0.29) is 5.91 Å². The predicted molar refractivity (Wildman–Crippen MR) is 115 cm³/mol. The standard InChI is InChI=1S/C19H15Cl2NO3S2/c1-22-18(23)17(27-19(22)26)9-11-4-6-15(16(8-11)24-2)25-10-12-3-5-13(20)14(21)7-12/h3-9H,10H2,1-2H3/b17-9-. The summed E-state index contributed by atoms with van der Waals surface area (Å²) < 4.78 is 11.8. The second-order valence-corrected chi connectivity index (χ2v) is 8.18. The molecule has 8 heteroatoms. The Balaban J connectivity index is 1.77. The number of amides is 1. The van der Waals surface area contributed by atoms with Gasteiger partial charge in [0.1, 0.15) is 10.9 Å². The fraction of sp³-hybridized carbons (Fsp3) is 0.158. The van der Waals surface area contributed by atoms with E-state index >= 15 is 0 Å². The highest BCUT2D eigenvalue weighted by atomic mass is 35.5. The highest BCUT2D eigenvalue weighted by Gasteiger charge is 2.28. The number of halogens is 2. The van der Waals surface area contributed by atoms with Crippen molar-refractivity contribution in [3.63, 3.8) is 0 Å². The largest absolute Gasteiger partial charge is 0.493 e. The Kier molecular flexibility index (Phi) is 6.32. The molecule has 1 heterocycles. The molecule has 0 atom stereocenters. The van der Waals surface area contributed by atoms with Gasteiger partial charge in [-0.25, -0.2) is 0 Å². The van der Waals surface area contributed by atoms with Gasteiger partial charge in [-0.2, -0.15) is 0 Å². The number of likely N-dealkylation sites (N-methyl/N-ethyl adjacent to an activating group) is 1. The molecule has 1 amide bonds. The first-order valence-corrected chi connectivity index (χ1v) is 9.83. The van der Waals surface area contributed by atoms with Crippen molar-refractivity contribution in [3.05, 3.63) is 62.5 Å². The maximum Gasteiger partial charge on any atom is 0.265 e. The maximum atomic E-state index is 12.1. The topological polar surface area (TPSA) is 38.8 Å². The average Bonchev–Trinajstić information content (AvgIpc) is 2.90. The molecule has 2 aromatic carbocycles. The molecule has 3 rings (SSSR count). The van der Waals surface area contributed by atoms with Crippen molar-refractivity contribution in [1.82, 2.24) is 4.90 Å². The first-order valence-electron chi connectivity index (χ1n) is 7.85. The molecule has 0 bridgehead atoms. The van der Waals surface area contributed by atoms with Gasteiger partial charge in [-0.1, -0.05) is 59.3 Å². The summed E-state index contributed by atoms with van der Waals surface area (Å²) in [5, 5.41) is 0.980. The molecule has 1 saturated heterocycles. The van der Waals surface area contributed by atoms with Gasteiger partial charge in [0.15, 0.2) is 11.5 Å². The molecular weight excluding hydrogens is 425 g/mol. The van der Waals surface area contributed by atoms with Crippen LogP contribution in [0, 0.1) is 0 Å². The average molecular weight is 440 g/mol. The Morgan fingerprint density at radius 3 is 2.56 bits per heavy atom. The Labute approximate surface area is 177 Å². The molecule has 4 nitrogen and oxygen atoms in total. The number of hydrogen-bond donors (Lipinski definition) is 0. The summed E-state index contributed by atoms with van der Waals surface area (Å²) >= 11 is 18.4. The van der Waals surface area contributed by atoms with Gasteiger partial charge in [0, 0.05) is 7.05 Å². The van der Waals surface area contributed by atoms with E-state index < -0.39 is 0 Å². The zero-order valence-corrected chi connectivity index (χ0v) is 17.6. The number of thioether (sulfide) groups is 1. The summed E-state index contributed by atoms with van der Waals surface area (Å²) in [6.45, 7) is 0.321. The van der Waals surface area contributed by atoms with Crippen LogP contribution in [-0.2, 0) is 11.4 Å². The van der Waals surface area contributed by atoms with Gasteiger partial charge < -0.3 is 9.47 Å². The molecule has 0 N–H and O–H groups in total. The van der Waals surface area contributed by atoms with E-state index in [9.17, 15) is 4.79 Å². The molecule has 0 unspecified atom stereocenters. The van der Waals surface area contributed by atoms with Crippen LogP contribution in [0.3, 0.4) is 0 Å². The quantitative estimate of drug-likeness (QED) is 0.459. The minimum Gasteiger partial charge on any atom is -0.493 e. The number of methoxy groups -OCH3 is 1. The number of hydrogen-bond acceptors (Lipinski definition) is 5. The highest BCUT2D eigenvalue weighted by Crippen LogP contribution is 2.34. The first kappa shape index (κ1) is 20.0. The van der Waals surface area contributed by atoms with Crippen LogP contribution in [0.25, 0.3) is 6.08 Å². The molecule has 1 aliphatic rings. The Morgan fingerprint density at radius 1 is 1.15 bits per heavy atom. The molecule has 27 heavy (non-hydrogen) atoms. The second kappa shape index (κ2) is 8.52. The lowest BCUT2D eigenvalue weighted by Gasteiger charge is -2.12. The monoisotopic (exact) mass is 439 g/mol. The molecule has 1 aliphatic heterocycles. The predicted octanol–water partition coefficient (Wildman–Crippen LogP) is 5.41. The molecule has 2 aromatic rings. The van der Waals surface area contributed by atoms with Crippen LogP contribution in [0.15, 0.2) is 41.3 Å². The number of thiocarbonyl (C=S) groups is 1. The molecule has 140 valence electrons. The van der Waals surface area contributed by atoms with Gasteiger partial charge in [0.05, 0.1) is 22.1 Å². The van der Waals surface area contributed by atoms with E-state index in [1.165, 1.54) is 16.7 Å². The van der Waals surface area contributed by atoms with Crippen molar-refractivity contribution in [1.29, 1.82) is 0 Å². The smallest absolute Gasteiger partial charge is 0.265 e. The fourth-order valence-corrected chi connectivity index (χ4v) is 3.88. The third-order valence-electron chi connectivity index (χ3n) is 3.85. The lowest BCUT2D eigenvalue weighted by atomic mass is 10.2. The Morgan fingerprint density at radius 2 is 1.93 bits per heavy atom. The molecule has 0 radical (unpaired) electrons. The van der Waals surface area contributed by atoms with E-state index in [0.717, 1.165) is 11.1 Å². The molecule has 0 spiro atoms. The summed E-state index contributed by atoms with van der Waals surface area (Å²) in [6.07, 6.45) is 1.79. The van der Waals surface area contributed by atoms with Crippen molar-refractivity contribution >= 4 is 63.5 Å². The van der Waals surface area contributed by atoms with Crippen LogP contribution >= 0.6 is 47.2 Å². The van der Waals surface area contributed by atoms with E-state index in [1.54, 1.807) is 38.4 Å². The zero-order valence-electron chi connectivity index (χ0n) is 14.5. The van der Waals surface area contributed by atoms with Crippen molar-refractivity contribution in [3.8, 4) is 11.5 Å². The first-order chi connectivity index (χ1) is 12.9. The third kappa shape index (κ3) is 4.58. The van der Waals surface area contributed by atoms with E-state index in [1.807, 2.05) is 18.2 Å². The molecular formula is C19H15Cl2NO3S2. The minimum absolute atomic E-state index is 0.107. The Hall–Kier alpha value is -1.73. The zero-order chi connectivity index (χ0) is 19.6. The highest BCUT2D eigenvalue weighted by molar-refractivity contribution is 8.26. The summed E-state index contributed by atoms with van der Waals surface area (Å²) in [6, 6.07) is 10.8. The maximum absolute atomic E-state index is 12.1. The number of rotatable bonds is 5. The second-order valence-electron chi connectivity index (χ2n) is 5.69. The lowest BCUT2D eigenvalue weighted by molar-refractivity contribution is -0.121. The SMILES string of the molecule is COc1cc(/C=C2\SC(=S)N(C)C2=O)ccc1OCc1ccc(Cl)c(Cl)c1. The van der Waals surface area contributed by atoms with Crippen LogP contribution in [0.1, 0.15) is 11.1 Å². The third-order valence-corrected chi connectivity index (χ3v) is 6.07. The van der Waals surface area contributed by atoms with Crippen molar-refractivity contribution < 1.29 is 14.3 Å². The van der Waals surface area contributed by atoms with E-state index in [2.05, 4.69) is 0 Å². The van der Waals surface area contributed by atoms with Gasteiger partial charge in [-0.3, -0.25) is 9.69 Å². The van der Waals surface area contributed by atoms with Crippen LogP contribution in [0.2, 0.25) is 10.0 Å². The number of ether oxygens (including phenoxy) is 2. The van der Waals surface area contributed by atoms with Gasteiger partial charge in [0.2, 0.25) is 0 Å². The summed E-state index contributed by atoms with van der Waals surface area (Å²) in [4.78, 5) is 14.2. The summed E-state index contributed by atoms with van der Waals surface area (Å²) in [5.74, 6) is 1.04. The normalized spacial score (nSPS) is 15.6. The summed E-state index contributed by atoms with van der Waals surface area (Å²) in [7, 11) is 3.23. The molecule has 0 aromatic heterocycles. The van der Waals surface area contributed by atoms with Gasteiger partial charge in [-0.05, 0) is 41.5 Å². The van der Waals surface area contributed by atoms with Crippen molar-refractivity contribution in [2.75, 3.05) is 14.2 Å². The number of nitrogens with zero attached hydrogens (tertiary/aromatic N) is 1. The minimum atomic E-state index is -0.107. The van der Waals surface area contributed by atoms with Gasteiger partial charge in [0.25, 0.3) is 5.91 Å². The van der Waals surface area contributed by atoms with Crippen molar-refractivity contribution in [2.45, 2.75) is 6.61 Å².